The molecule has 21 heavy (non-hydrogen) atoms. The molecule has 120 valence electrons. The summed E-state index contributed by atoms with van der Waals surface area (Å²) in [4.78, 5) is 4.60. The lowest BCUT2D eigenvalue weighted by molar-refractivity contribution is 0.166. The van der Waals surface area contributed by atoms with Gasteiger partial charge >= 0.3 is 0 Å². The topological polar surface area (TPSA) is 29.9 Å². The maximum absolute atomic E-state index is 4.60. The summed E-state index contributed by atoms with van der Waals surface area (Å²) >= 11 is 0. The average molecular weight is 291 g/mol. The highest BCUT2D eigenvalue weighted by Gasteiger charge is 2.30. The summed E-state index contributed by atoms with van der Waals surface area (Å²) in [5.74, 6) is 3.82. The molecule has 1 aliphatic rings. The van der Waals surface area contributed by atoms with E-state index in [0.29, 0.717) is 6.04 Å². The van der Waals surface area contributed by atoms with Gasteiger partial charge in [-0.25, -0.2) is 4.98 Å². The first-order valence-electron chi connectivity index (χ1n) is 8.87. The van der Waals surface area contributed by atoms with Crippen LogP contribution in [0, 0.1) is 17.8 Å². The summed E-state index contributed by atoms with van der Waals surface area (Å²) in [5.41, 5.74) is 0. The van der Waals surface area contributed by atoms with Gasteiger partial charge in [-0.05, 0) is 44.1 Å². The Morgan fingerprint density at radius 2 is 2.10 bits per heavy atom. The van der Waals surface area contributed by atoms with Gasteiger partial charge in [-0.1, -0.05) is 33.6 Å². The molecule has 1 saturated carbocycles. The Morgan fingerprint density at radius 1 is 1.29 bits per heavy atom. The van der Waals surface area contributed by atoms with Crippen LogP contribution in [0.5, 0.6) is 0 Å². The third-order valence-electron chi connectivity index (χ3n) is 5.20. The summed E-state index contributed by atoms with van der Waals surface area (Å²) < 4.78 is 2.31. The van der Waals surface area contributed by atoms with Gasteiger partial charge in [0.05, 0.1) is 0 Å². The average Bonchev–Trinajstić information content (AvgIpc) is 2.92. The van der Waals surface area contributed by atoms with Gasteiger partial charge in [-0.2, -0.15) is 0 Å². The van der Waals surface area contributed by atoms with Crippen LogP contribution in [0.1, 0.15) is 59.2 Å². The number of hydrogen-bond acceptors (Lipinski definition) is 2. The quantitative estimate of drug-likeness (QED) is 0.826. The van der Waals surface area contributed by atoms with Gasteiger partial charge in [-0.3, -0.25) is 0 Å². The second-order valence-corrected chi connectivity index (χ2v) is 7.00. The van der Waals surface area contributed by atoms with Gasteiger partial charge in [0.15, 0.2) is 0 Å². The molecule has 0 radical (unpaired) electrons. The monoisotopic (exact) mass is 291 g/mol. The first-order chi connectivity index (χ1) is 10.1. The van der Waals surface area contributed by atoms with Crippen molar-refractivity contribution in [3.05, 3.63) is 18.2 Å². The zero-order valence-corrected chi connectivity index (χ0v) is 14.3. The molecule has 1 heterocycles. The fourth-order valence-electron chi connectivity index (χ4n) is 3.75. The second-order valence-electron chi connectivity index (χ2n) is 7.00. The molecule has 1 aliphatic carbocycles. The van der Waals surface area contributed by atoms with E-state index in [9.17, 15) is 0 Å². The summed E-state index contributed by atoms with van der Waals surface area (Å²) in [7, 11) is 0. The zero-order valence-electron chi connectivity index (χ0n) is 14.3. The lowest BCUT2D eigenvalue weighted by Crippen LogP contribution is -2.37. The van der Waals surface area contributed by atoms with Gasteiger partial charge < -0.3 is 9.88 Å². The summed E-state index contributed by atoms with van der Waals surface area (Å²) in [6.45, 7) is 11.3. The van der Waals surface area contributed by atoms with Crippen molar-refractivity contribution in [2.75, 3.05) is 6.54 Å². The van der Waals surface area contributed by atoms with E-state index in [1.807, 2.05) is 6.20 Å². The van der Waals surface area contributed by atoms with Crippen LogP contribution in [0.15, 0.2) is 12.4 Å². The van der Waals surface area contributed by atoms with Crippen LogP contribution >= 0.6 is 0 Å². The van der Waals surface area contributed by atoms with Crippen LogP contribution in [0.3, 0.4) is 0 Å². The van der Waals surface area contributed by atoms with Gasteiger partial charge in [0, 0.05) is 31.4 Å². The molecule has 1 N–H and O–H groups in total. The molecule has 0 saturated heterocycles. The van der Waals surface area contributed by atoms with E-state index in [2.05, 4.69) is 48.8 Å². The third kappa shape index (κ3) is 4.57. The summed E-state index contributed by atoms with van der Waals surface area (Å²) in [6, 6.07) is 0.590. The second kappa shape index (κ2) is 7.98. The predicted molar refractivity (Wildman–Crippen MR) is 89.4 cm³/mol. The molecule has 2 rings (SSSR count). The molecule has 0 aromatic carbocycles. The molecule has 0 spiro atoms. The molecule has 3 heteroatoms. The third-order valence-corrected chi connectivity index (χ3v) is 5.20. The number of aryl methyl sites for hydroxylation is 1. The van der Waals surface area contributed by atoms with Crippen molar-refractivity contribution in [3.8, 4) is 0 Å². The van der Waals surface area contributed by atoms with E-state index < -0.39 is 0 Å². The standard InChI is InChI=1S/C18H33N3/c1-5-15-7-8-16(13-20-14(3)4)17(11-15)12-18-19-9-10-21(18)6-2/h9-10,14-17,20H,5-8,11-13H2,1-4H3. The number of aromatic nitrogens is 2. The molecular weight excluding hydrogens is 258 g/mol. The van der Waals surface area contributed by atoms with E-state index in [-0.39, 0.29) is 0 Å². The lowest BCUT2D eigenvalue weighted by Gasteiger charge is -2.36. The van der Waals surface area contributed by atoms with Gasteiger partial charge in [0.1, 0.15) is 5.82 Å². The molecule has 0 bridgehead atoms. The molecule has 3 unspecified atom stereocenters. The molecular formula is C18H33N3. The van der Waals surface area contributed by atoms with Crippen LogP contribution in [-0.2, 0) is 13.0 Å². The fourth-order valence-corrected chi connectivity index (χ4v) is 3.75. The molecule has 1 fully saturated rings. The zero-order chi connectivity index (χ0) is 15.2. The van der Waals surface area contributed by atoms with Crippen molar-refractivity contribution < 1.29 is 0 Å². The van der Waals surface area contributed by atoms with Crippen molar-refractivity contribution in [2.24, 2.45) is 17.8 Å². The van der Waals surface area contributed by atoms with E-state index in [1.54, 1.807) is 0 Å². The minimum Gasteiger partial charge on any atom is -0.335 e. The highest BCUT2D eigenvalue weighted by atomic mass is 15.1. The molecule has 0 aliphatic heterocycles. The Hall–Kier alpha value is -0.830. The molecule has 1 aromatic heterocycles. The van der Waals surface area contributed by atoms with Gasteiger partial charge in [0.25, 0.3) is 0 Å². The first-order valence-corrected chi connectivity index (χ1v) is 8.87. The lowest BCUT2D eigenvalue weighted by atomic mass is 9.71. The first kappa shape index (κ1) is 16.5. The van der Waals surface area contributed by atoms with Crippen LogP contribution in [0.25, 0.3) is 0 Å². The van der Waals surface area contributed by atoms with E-state index in [0.717, 1.165) is 30.7 Å². The molecule has 3 atom stereocenters. The summed E-state index contributed by atoms with van der Waals surface area (Å²) in [6.07, 6.45) is 10.8. The van der Waals surface area contributed by atoms with Gasteiger partial charge in [-0.15, -0.1) is 0 Å². The smallest absolute Gasteiger partial charge is 0.108 e. The van der Waals surface area contributed by atoms with Crippen LogP contribution in [0.4, 0.5) is 0 Å². The number of hydrogen-bond donors (Lipinski definition) is 1. The van der Waals surface area contributed by atoms with Crippen molar-refractivity contribution in [3.63, 3.8) is 0 Å². The normalized spacial score (nSPS) is 26.4. The maximum atomic E-state index is 4.60. The SMILES string of the molecule is CCC1CCC(CNC(C)C)C(Cc2nccn2CC)C1. The van der Waals surface area contributed by atoms with Crippen molar-refractivity contribution >= 4 is 0 Å². The largest absolute Gasteiger partial charge is 0.335 e. The van der Waals surface area contributed by atoms with E-state index in [4.69, 9.17) is 0 Å². The molecule has 1 aromatic rings. The van der Waals surface area contributed by atoms with Crippen molar-refractivity contribution in [1.82, 2.24) is 14.9 Å². The minimum atomic E-state index is 0.590. The Labute approximate surface area is 130 Å². The fraction of sp³-hybridized carbons (Fsp3) is 0.833. The van der Waals surface area contributed by atoms with Crippen molar-refractivity contribution in [1.29, 1.82) is 0 Å². The number of rotatable bonds is 7. The molecule has 3 nitrogen and oxygen atoms in total. The predicted octanol–water partition coefficient (Wildman–Crippen LogP) is 3.89. The van der Waals surface area contributed by atoms with Gasteiger partial charge in [0.2, 0.25) is 0 Å². The highest BCUT2D eigenvalue weighted by molar-refractivity contribution is 4.96. The number of nitrogens with zero attached hydrogens (tertiary/aromatic N) is 2. The Kier molecular flexibility index (Phi) is 6.28. The van der Waals surface area contributed by atoms with Crippen LogP contribution in [-0.4, -0.2) is 22.1 Å². The van der Waals surface area contributed by atoms with E-state index in [1.165, 1.54) is 38.1 Å². The van der Waals surface area contributed by atoms with Crippen molar-refractivity contribution in [2.45, 2.75) is 72.4 Å². The highest BCUT2D eigenvalue weighted by Crippen LogP contribution is 2.37. The van der Waals surface area contributed by atoms with E-state index >= 15 is 0 Å². The Bertz CT molecular complexity index is 410. The maximum Gasteiger partial charge on any atom is 0.108 e. The molecule has 0 amide bonds. The Balaban J connectivity index is 2.02. The minimum absolute atomic E-state index is 0.590. The van der Waals surface area contributed by atoms with Crippen LogP contribution < -0.4 is 5.32 Å². The summed E-state index contributed by atoms with van der Waals surface area (Å²) in [5, 5.41) is 3.66. The number of nitrogens with one attached hydrogen (secondary N) is 1. The Morgan fingerprint density at radius 3 is 2.76 bits per heavy atom. The van der Waals surface area contributed by atoms with Crippen LogP contribution in [0.2, 0.25) is 0 Å². The number of imidazole rings is 1.